The van der Waals surface area contributed by atoms with Gasteiger partial charge in [0.25, 0.3) is 0 Å². The van der Waals surface area contributed by atoms with Gasteiger partial charge in [-0.05, 0) is 25.7 Å². The maximum absolute atomic E-state index is 5.98. The molecule has 0 spiro atoms. The first-order valence-corrected chi connectivity index (χ1v) is 5.43. The highest BCUT2D eigenvalue weighted by Gasteiger charge is 2.33. The third-order valence-corrected chi connectivity index (χ3v) is 3.29. The van der Waals surface area contributed by atoms with Crippen LogP contribution in [0.2, 0.25) is 0 Å². The van der Waals surface area contributed by atoms with E-state index in [1.807, 2.05) is 0 Å². The summed E-state index contributed by atoms with van der Waals surface area (Å²) >= 11 is 0. The molecule has 2 fully saturated rings. The lowest BCUT2D eigenvalue weighted by Crippen LogP contribution is -2.22. The largest absolute Gasteiger partial charge is 0.339 e. The van der Waals surface area contributed by atoms with Gasteiger partial charge in [-0.15, -0.1) is 0 Å². The molecule has 2 N–H and O–H groups in total. The van der Waals surface area contributed by atoms with Gasteiger partial charge in [0.05, 0.1) is 5.92 Å². The lowest BCUT2D eigenvalue weighted by Gasteiger charge is -2.08. The summed E-state index contributed by atoms with van der Waals surface area (Å²) in [5.74, 6) is 2.57. The summed E-state index contributed by atoms with van der Waals surface area (Å²) in [6.07, 6.45) is 5.82. The van der Waals surface area contributed by atoms with Gasteiger partial charge in [0.15, 0.2) is 5.82 Å². The van der Waals surface area contributed by atoms with E-state index in [1.54, 1.807) is 0 Å². The van der Waals surface area contributed by atoms with E-state index in [0.29, 0.717) is 11.8 Å². The summed E-state index contributed by atoms with van der Waals surface area (Å²) in [7, 11) is 0. The van der Waals surface area contributed by atoms with Crippen LogP contribution in [0.15, 0.2) is 4.52 Å². The van der Waals surface area contributed by atoms with E-state index in [-0.39, 0.29) is 6.04 Å². The fourth-order valence-electron chi connectivity index (χ4n) is 2.20. The normalized spacial score (nSPS) is 32.4. The summed E-state index contributed by atoms with van der Waals surface area (Å²) in [5, 5.41) is 4.02. The predicted octanol–water partition coefficient (Wildman–Crippen LogP) is 1.54. The molecule has 2 aliphatic rings. The van der Waals surface area contributed by atoms with Gasteiger partial charge in [0, 0.05) is 12.0 Å². The van der Waals surface area contributed by atoms with Gasteiger partial charge in [-0.2, -0.15) is 4.98 Å². The maximum Gasteiger partial charge on any atom is 0.231 e. The first kappa shape index (κ1) is 8.41. The van der Waals surface area contributed by atoms with Crippen LogP contribution in [-0.2, 0) is 0 Å². The Morgan fingerprint density at radius 3 is 2.71 bits per heavy atom. The zero-order valence-corrected chi connectivity index (χ0v) is 8.15. The Bertz CT molecular complexity index is 332. The summed E-state index contributed by atoms with van der Waals surface area (Å²) in [6.45, 7) is 0. The van der Waals surface area contributed by atoms with Crippen LogP contribution in [0.25, 0.3) is 0 Å². The number of nitrogens with zero attached hydrogens (tertiary/aromatic N) is 2. The quantitative estimate of drug-likeness (QED) is 0.773. The molecule has 0 saturated heterocycles. The molecule has 0 bridgehead atoms. The molecule has 0 amide bonds. The van der Waals surface area contributed by atoms with Crippen LogP contribution in [0, 0.1) is 0 Å². The first-order chi connectivity index (χ1) is 6.84. The predicted molar refractivity (Wildman–Crippen MR) is 50.8 cm³/mol. The van der Waals surface area contributed by atoms with Crippen LogP contribution in [0.1, 0.15) is 55.7 Å². The topological polar surface area (TPSA) is 64.9 Å². The number of rotatable bonds is 2. The number of nitrogens with two attached hydrogens (primary N) is 1. The van der Waals surface area contributed by atoms with Crippen LogP contribution in [0.5, 0.6) is 0 Å². The molecule has 0 aromatic carbocycles. The maximum atomic E-state index is 5.98. The van der Waals surface area contributed by atoms with Crippen LogP contribution >= 0.6 is 0 Å². The van der Waals surface area contributed by atoms with E-state index in [2.05, 4.69) is 10.1 Å². The Labute approximate surface area is 82.9 Å². The Kier molecular flexibility index (Phi) is 1.83. The van der Waals surface area contributed by atoms with Crippen molar-refractivity contribution in [3.8, 4) is 0 Å². The Balaban J connectivity index is 1.81. The van der Waals surface area contributed by atoms with E-state index in [1.165, 1.54) is 19.3 Å². The highest BCUT2D eigenvalue weighted by atomic mass is 16.5. The standard InChI is InChI=1S/C10H15N3O/c11-8-3-1-2-7(8)10-12-9(13-14-10)6-4-5-6/h6-8H,1-5,11H2/t7-,8-/m0/s1. The van der Waals surface area contributed by atoms with Crippen molar-refractivity contribution in [1.82, 2.24) is 10.1 Å². The molecule has 0 unspecified atom stereocenters. The zero-order valence-electron chi connectivity index (χ0n) is 8.15. The molecule has 76 valence electrons. The third-order valence-electron chi connectivity index (χ3n) is 3.29. The average Bonchev–Trinajstić information content (AvgIpc) is 2.75. The molecule has 14 heavy (non-hydrogen) atoms. The fourth-order valence-corrected chi connectivity index (χ4v) is 2.20. The lowest BCUT2D eigenvalue weighted by atomic mass is 10.1. The van der Waals surface area contributed by atoms with E-state index in [0.717, 1.165) is 24.6 Å². The Hall–Kier alpha value is -0.900. The second-order valence-corrected chi connectivity index (χ2v) is 4.47. The average molecular weight is 193 g/mol. The van der Waals surface area contributed by atoms with Crippen molar-refractivity contribution in [2.45, 2.75) is 50.0 Å². The molecule has 1 aromatic heterocycles. The van der Waals surface area contributed by atoms with Crippen molar-refractivity contribution in [2.75, 3.05) is 0 Å². The third kappa shape index (κ3) is 1.34. The summed E-state index contributed by atoms with van der Waals surface area (Å²) < 4.78 is 5.28. The van der Waals surface area contributed by atoms with Crippen molar-refractivity contribution in [1.29, 1.82) is 0 Å². The van der Waals surface area contributed by atoms with Gasteiger partial charge >= 0.3 is 0 Å². The molecular weight excluding hydrogens is 178 g/mol. The monoisotopic (exact) mass is 193 g/mol. The first-order valence-electron chi connectivity index (χ1n) is 5.43. The van der Waals surface area contributed by atoms with Crippen molar-refractivity contribution in [3.63, 3.8) is 0 Å². The van der Waals surface area contributed by atoms with Crippen molar-refractivity contribution >= 4 is 0 Å². The summed E-state index contributed by atoms with van der Waals surface area (Å²) in [4.78, 5) is 4.45. The van der Waals surface area contributed by atoms with Gasteiger partial charge in [0.1, 0.15) is 0 Å². The molecule has 1 heterocycles. The Morgan fingerprint density at radius 1 is 1.21 bits per heavy atom. The van der Waals surface area contributed by atoms with Crippen molar-refractivity contribution in [3.05, 3.63) is 11.7 Å². The zero-order chi connectivity index (χ0) is 9.54. The van der Waals surface area contributed by atoms with Crippen LogP contribution in [-0.4, -0.2) is 16.2 Å². The second-order valence-electron chi connectivity index (χ2n) is 4.47. The Morgan fingerprint density at radius 2 is 2.07 bits per heavy atom. The van der Waals surface area contributed by atoms with E-state index in [9.17, 15) is 0 Å². The molecule has 2 saturated carbocycles. The smallest absolute Gasteiger partial charge is 0.231 e. The van der Waals surface area contributed by atoms with Crippen molar-refractivity contribution < 1.29 is 4.52 Å². The second kappa shape index (κ2) is 3.05. The van der Waals surface area contributed by atoms with Gasteiger partial charge in [-0.25, -0.2) is 0 Å². The molecule has 2 aliphatic carbocycles. The number of hydrogen-bond donors (Lipinski definition) is 1. The highest BCUT2D eigenvalue weighted by Crippen LogP contribution is 2.39. The number of hydrogen-bond acceptors (Lipinski definition) is 4. The molecule has 0 aliphatic heterocycles. The van der Waals surface area contributed by atoms with Crippen LogP contribution in [0.3, 0.4) is 0 Å². The fraction of sp³-hybridized carbons (Fsp3) is 0.800. The van der Waals surface area contributed by atoms with E-state index < -0.39 is 0 Å². The minimum absolute atomic E-state index is 0.225. The molecular formula is C10H15N3O. The SMILES string of the molecule is N[C@H]1CCC[C@@H]1c1nc(C2CC2)no1. The molecule has 4 heteroatoms. The summed E-state index contributed by atoms with van der Waals surface area (Å²) in [6, 6.07) is 0.225. The van der Waals surface area contributed by atoms with Gasteiger partial charge < -0.3 is 10.3 Å². The van der Waals surface area contributed by atoms with Crippen LogP contribution < -0.4 is 5.73 Å². The molecule has 0 radical (unpaired) electrons. The highest BCUT2D eigenvalue weighted by molar-refractivity contribution is 5.07. The molecule has 4 nitrogen and oxygen atoms in total. The molecule has 2 atom stereocenters. The van der Waals surface area contributed by atoms with Gasteiger partial charge in [-0.1, -0.05) is 11.6 Å². The van der Waals surface area contributed by atoms with Gasteiger partial charge in [0.2, 0.25) is 5.89 Å². The van der Waals surface area contributed by atoms with E-state index >= 15 is 0 Å². The minimum atomic E-state index is 0.225. The minimum Gasteiger partial charge on any atom is -0.339 e. The van der Waals surface area contributed by atoms with Gasteiger partial charge in [-0.3, -0.25) is 0 Å². The van der Waals surface area contributed by atoms with E-state index in [4.69, 9.17) is 10.3 Å². The van der Waals surface area contributed by atoms with Crippen molar-refractivity contribution in [2.24, 2.45) is 5.73 Å². The molecule has 1 aromatic rings. The summed E-state index contributed by atoms with van der Waals surface area (Å²) in [5.41, 5.74) is 5.98. The molecule has 3 rings (SSSR count). The number of aromatic nitrogens is 2. The lowest BCUT2D eigenvalue weighted by molar-refractivity contribution is 0.341. The van der Waals surface area contributed by atoms with Crippen LogP contribution in [0.4, 0.5) is 0 Å².